The summed E-state index contributed by atoms with van der Waals surface area (Å²) in [5, 5.41) is 3.34. The molecule has 0 bridgehead atoms. The summed E-state index contributed by atoms with van der Waals surface area (Å²) in [6.45, 7) is 2.85. The molecule has 0 saturated carbocycles. The Hall–Kier alpha value is -1.81. The minimum Gasteiger partial charge on any atom is -0.310 e. The summed E-state index contributed by atoms with van der Waals surface area (Å²) < 4.78 is 13.2. The monoisotopic (exact) mass is 245 g/mol. The zero-order valence-corrected chi connectivity index (χ0v) is 10.3. The zero-order valence-electron chi connectivity index (χ0n) is 10.3. The summed E-state index contributed by atoms with van der Waals surface area (Å²) in [5.74, 6) is -0.304. The molecule has 94 valence electrons. The van der Waals surface area contributed by atoms with E-state index in [1.165, 1.54) is 12.3 Å². The van der Waals surface area contributed by atoms with Crippen LogP contribution in [-0.4, -0.2) is 16.5 Å². The smallest absolute Gasteiger partial charge is 0.141 e. The molecule has 0 amide bonds. The molecule has 2 rings (SSSR count). The molecule has 18 heavy (non-hydrogen) atoms. The zero-order chi connectivity index (χ0) is 12.8. The van der Waals surface area contributed by atoms with E-state index < -0.39 is 0 Å². The first-order chi connectivity index (χ1) is 8.79. The lowest BCUT2D eigenvalue weighted by Gasteiger charge is -2.18. The Kier molecular flexibility index (Phi) is 4.36. The maximum atomic E-state index is 13.2. The largest absolute Gasteiger partial charge is 0.310 e. The fraction of sp³-hybridized carbons (Fsp3) is 0.286. The number of pyridine rings is 2. The highest BCUT2D eigenvalue weighted by molar-refractivity contribution is 5.19. The lowest BCUT2D eigenvalue weighted by Crippen LogP contribution is -2.23. The van der Waals surface area contributed by atoms with Crippen molar-refractivity contribution in [3.63, 3.8) is 0 Å². The normalized spacial score (nSPS) is 12.3. The SMILES string of the molecule is CCNC(Cc1cccnc1)c1cncc(F)c1. The van der Waals surface area contributed by atoms with Crippen LogP contribution in [0.2, 0.25) is 0 Å². The minimum atomic E-state index is -0.304. The number of nitrogens with one attached hydrogen (secondary N) is 1. The van der Waals surface area contributed by atoms with Crippen LogP contribution in [0.3, 0.4) is 0 Å². The summed E-state index contributed by atoms with van der Waals surface area (Å²) in [6, 6.07) is 5.51. The highest BCUT2D eigenvalue weighted by Gasteiger charge is 2.12. The molecule has 3 nitrogen and oxygen atoms in total. The molecule has 2 heterocycles. The molecular weight excluding hydrogens is 229 g/mol. The third-order valence-corrected chi connectivity index (χ3v) is 2.74. The Morgan fingerprint density at radius 3 is 2.83 bits per heavy atom. The van der Waals surface area contributed by atoms with Crippen molar-refractivity contribution in [1.29, 1.82) is 0 Å². The van der Waals surface area contributed by atoms with Gasteiger partial charge in [0.1, 0.15) is 5.82 Å². The molecule has 0 saturated heterocycles. The van der Waals surface area contributed by atoms with Crippen molar-refractivity contribution in [2.75, 3.05) is 6.54 Å². The highest BCUT2D eigenvalue weighted by Crippen LogP contribution is 2.17. The second-order valence-corrected chi connectivity index (χ2v) is 4.11. The van der Waals surface area contributed by atoms with Gasteiger partial charge >= 0.3 is 0 Å². The molecule has 2 aromatic rings. The van der Waals surface area contributed by atoms with Gasteiger partial charge in [0.25, 0.3) is 0 Å². The Labute approximate surface area is 106 Å². The van der Waals surface area contributed by atoms with Gasteiger partial charge < -0.3 is 5.32 Å². The number of aromatic nitrogens is 2. The maximum absolute atomic E-state index is 13.2. The Balaban J connectivity index is 2.18. The van der Waals surface area contributed by atoms with Crippen molar-refractivity contribution in [2.45, 2.75) is 19.4 Å². The van der Waals surface area contributed by atoms with E-state index in [2.05, 4.69) is 15.3 Å². The third-order valence-electron chi connectivity index (χ3n) is 2.74. The number of halogens is 1. The summed E-state index contributed by atoms with van der Waals surface area (Å²) in [4.78, 5) is 7.99. The van der Waals surface area contributed by atoms with Crippen molar-refractivity contribution in [2.24, 2.45) is 0 Å². The topological polar surface area (TPSA) is 37.8 Å². The van der Waals surface area contributed by atoms with Crippen LogP contribution in [0.1, 0.15) is 24.1 Å². The van der Waals surface area contributed by atoms with E-state index >= 15 is 0 Å². The van der Waals surface area contributed by atoms with Crippen LogP contribution in [0, 0.1) is 5.82 Å². The molecule has 0 spiro atoms. The minimum absolute atomic E-state index is 0.0578. The van der Waals surface area contributed by atoms with Crippen LogP contribution in [0.5, 0.6) is 0 Å². The molecule has 0 fully saturated rings. The van der Waals surface area contributed by atoms with Gasteiger partial charge in [0, 0.05) is 24.6 Å². The van der Waals surface area contributed by atoms with Crippen molar-refractivity contribution >= 4 is 0 Å². The van der Waals surface area contributed by atoms with E-state index in [-0.39, 0.29) is 11.9 Å². The third kappa shape index (κ3) is 3.34. The van der Waals surface area contributed by atoms with Crippen LogP contribution in [0.25, 0.3) is 0 Å². The Morgan fingerprint density at radius 2 is 2.17 bits per heavy atom. The van der Waals surface area contributed by atoms with Crippen LogP contribution in [0.4, 0.5) is 4.39 Å². The first kappa shape index (κ1) is 12.6. The average Bonchev–Trinajstić information content (AvgIpc) is 2.39. The number of nitrogens with zero attached hydrogens (tertiary/aromatic N) is 2. The van der Waals surface area contributed by atoms with Gasteiger partial charge in [-0.25, -0.2) is 4.39 Å². The second-order valence-electron chi connectivity index (χ2n) is 4.11. The van der Waals surface area contributed by atoms with Gasteiger partial charge in [-0.1, -0.05) is 13.0 Å². The molecule has 1 unspecified atom stereocenters. The van der Waals surface area contributed by atoms with Crippen LogP contribution in [-0.2, 0) is 6.42 Å². The molecule has 0 aliphatic carbocycles. The summed E-state index contributed by atoms with van der Waals surface area (Å²) in [7, 11) is 0. The van der Waals surface area contributed by atoms with Gasteiger partial charge in [-0.05, 0) is 36.2 Å². The van der Waals surface area contributed by atoms with E-state index in [9.17, 15) is 4.39 Å². The van der Waals surface area contributed by atoms with Gasteiger partial charge in [-0.15, -0.1) is 0 Å². The highest BCUT2D eigenvalue weighted by atomic mass is 19.1. The van der Waals surface area contributed by atoms with Gasteiger partial charge in [-0.3, -0.25) is 9.97 Å². The lowest BCUT2D eigenvalue weighted by atomic mass is 10.0. The van der Waals surface area contributed by atoms with Crippen molar-refractivity contribution in [3.8, 4) is 0 Å². The standard InChI is InChI=1S/C14H16FN3/c1-2-18-14(6-11-4-3-5-16-8-11)12-7-13(15)10-17-9-12/h3-5,7-10,14,18H,2,6H2,1H3. The molecule has 4 heteroatoms. The molecule has 2 aromatic heterocycles. The quantitative estimate of drug-likeness (QED) is 0.879. The van der Waals surface area contributed by atoms with Crippen molar-refractivity contribution in [3.05, 3.63) is 59.9 Å². The van der Waals surface area contributed by atoms with Gasteiger partial charge in [0.2, 0.25) is 0 Å². The van der Waals surface area contributed by atoms with E-state index in [0.29, 0.717) is 0 Å². The first-order valence-electron chi connectivity index (χ1n) is 6.02. The molecule has 1 N–H and O–H groups in total. The Morgan fingerprint density at radius 1 is 1.28 bits per heavy atom. The predicted octanol–water partition coefficient (Wildman–Crippen LogP) is 2.51. The van der Waals surface area contributed by atoms with Gasteiger partial charge in [-0.2, -0.15) is 0 Å². The fourth-order valence-electron chi connectivity index (χ4n) is 1.93. The summed E-state index contributed by atoms with van der Waals surface area (Å²) in [5.41, 5.74) is 1.98. The van der Waals surface area contributed by atoms with Crippen LogP contribution in [0.15, 0.2) is 43.0 Å². The van der Waals surface area contributed by atoms with E-state index in [1.807, 2.05) is 25.3 Å². The van der Waals surface area contributed by atoms with Gasteiger partial charge in [0.15, 0.2) is 0 Å². The predicted molar refractivity (Wildman–Crippen MR) is 68.6 cm³/mol. The van der Waals surface area contributed by atoms with E-state index in [0.717, 1.165) is 24.1 Å². The second kappa shape index (κ2) is 6.21. The first-order valence-corrected chi connectivity index (χ1v) is 6.02. The fourth-order valence-corrected chi connectivity index (χ4v) is 1.93. The molecule has 1 atom stereocenters. The molecule has 0 radical (unpaired) electrons. The van der Waals surface area contributed by atoms with Crippen LogP contribution < -0.4 is 5.32 Å². The molecule has 0 aliphatic rings. The summed E-state index contributed by atoms with van der Waals surface area (Å²) >= 11 is 0. The van der Waals surface area contributed by atoms with Crippen molar-refractivity contribution < 1.29 is 4.39 Å². The van der Waals surface area contributed by atoms with Crippen molar-refractivity contribution in [1.82, 2.24) is 15.3 Å². The van der Waals surface area contributed by atoms with E-state index in [4.69, 9.17) is 0 Å². The lowest BCUT2D eigenvalue weighted by molar-refractivity contribution is 0.539. The number of hydrogen-bond acceptors (Lipinski definition) is 3. The number of hydrogen-bond donors (Lipinski definition) is 1. The molecule has 0 aromatic carbocycles. The molecular formula is C14H16FN3. The number of likely N-dealkylation sites (N-methyl/N-ethyl adjacent to an activating group) is 1. The van der Waals surface area contributed by atoms with Crippen LogP contribution >= 0.6 is 0 Å². The Bertz CT molecular complexity index is 487. The average molecular weight is 245 g/mol. The molecule has 0 aliphatic heterocycles. The van der Waals surface area contributed by atoms with E-state index in [1.54, 1.807) is 12.4 Å². The number of rotatable bonds is 5. The van der Waals surface area contributed by atoms with Gasteiger partial charge in [0.05, 0.1) is 6.20 Å². The summed E-state index contributed by atoms with van der Waals surface area (Å²) in [6.07, 6.45) is 7.27. The maximum Gasteiger partial charge on any atom is 0.141 e.